The number of aliphatic hydroxyl groups excluding tert-OH is 1. The van der Waals surface area contributed by atoms with E-state index in [-0.39, 0.29) is 36.5 Å². The standard InChI is InChI=1S/C27H32N2O5S2/c1-19-14-29(20(2)16-30)27(31)25-11-7-6-10-24(25)23-9-5-4-8-21(23)17-34-26(19)15-28(3)36(32,33)22-12-13-35-18-22/h4-13,18-20,26,30H,14-17H2,1-3H3/t19-,20-,26+/m1/s1. The van der Waals surface area contributed by atoms with Gasteiger partial charge in [0.2, 0.25) is 10.0 Å². The zero-order valence-corrected chi connectivity index (χ0v) is 22.3. The number of carbonyl (C=O) groups excluding carboxylic acids is 1. The smallest absolute Gasteiger partial charge is 0.254 e. The van der Waals surface area contributed by atoms with Crippen LogP contribution in [-0.4, -0.2) is 67.5 Å². The zero-order chi connectivity index (χ0) is 25.9. The molecule has 0 aliphatic carbocycles. The molecule has 36 heavy (non-hydrogen) atoms. The van der Waals surface area contributed by atoms with Crippen molar-refractivity contribution in [3.63, 3.8) is 0 Å². The molecule has 2 heterocycles. The molecule has 0 fully saturated rings. The molecule has 7 nitrogen and oxygen atoms in total. The Hall–Kier alpha value is -2.56. The molecule has 3 aromatic rings. The van der Waals surface area contributed by atoms with Gasteiger partial charge in [-0.15, -0.1) is 0 Å². The van der Waals surface area contributed by atoms with E-state index < -0.39 is 22.2 Å². The second-order valence-electron chi connectivity index (χ2n) is 9.26. The van der Waals surface area contributed by atoms with Crippen molar-refractivity contribution >= 4 is 27.3 Å². The van der Waals surface area contributed by atoms with Crippen LogP contribution in [0.25, 0.3) is 11.1 Å². The minimum atomic E-state index is -3.67. The van der Waals surface area contributed by atoms with Gasteiger partial charge in [-0.05, 0) is 41.1 Å². The summed E-state index contributed by atoms with van der Waals surface area (Å²) in [6.45, 7) is 4.29. The van der Waals surface area contributed by atoms with Crippen LogP contribution in [-0.2, 0) is 21.4 Å². The van der Waals surface area contributed by atoms with Crippen LogP contribution in [0.2, 0.25) is 0 Å². The van der Waals surface area contributed by atoms with E-state index in [0.29, 0.717) is 12.1 Å². The lowest BCUT2D eigenvalue weighted by Gasteiger charge is -2.34. The van der Waals surface area contributed by atoms with Crippen LogP contribution in [0.3, 0.4) is 0 Å². The number of ether oxygens (including phenoxy) is 1. The Balaban J connectivity index is 1.74. The number of rotatable bonds is 6. The fraction of sp³-hybridized carbons (Fsp3) is 0.370. The number of amides is 1. The third-order valence-electron chi connectivity index (χ3n) is 6.73. The number of benzene rings is 2. The molecule has 9 heteroatoms. The fourth-order valence-electron chi connectivity index (χ4n) is 4.48. The van der Waals surface area contributed by atoms with Crippen molar-refractivity contribution in [1.29, 1.82) is 0 Å². The summed E-state index contributed by atoms with van der Waals surface area (Å²) in [7, 11) is -2.12. The van der Waals surface area contributed by atoms with Gasteiger partial charge in [0.05, 0.1) is 30.3 Å². The Morgan fingerprint density at radius 2 is 1.78 bits per heavy atom. The molecular weight excluding hydrogens is 496 g/mol. The number of thiophene rings is 1. The average molecular weight is 529 g/mol. The molecule has 1 aliphatic heterocycles. The van der Waals surface area contributed by atoms with Gasteiger partial charge in [-0.25, -0.2) is 8.42 Å². The number of hydrogen-bond donors (Lipinski definition) is 1. The molecule has 0 saturated heterocycles. The van der Waals surface area contributed by atoms with E-state index in [1.165, 1.54) is 15.6 Å². The minimum absolute atomic E-state index is 0.129. The third-order valence-corrected chi connectivity index (χ3v) is 9.39. The molecule has 3 atom stereocenters. The van der Waals surface area contributed by atoms with Crippen LogP contribution in [0.15, 0.2) is 70.3 Å². The second kappa shape index (κ2) is 11.2. The summed E-state index contributed by atoms with van der Waals surface area (Å²) >= 11 is 1.33. The van der Waals surface area contributed by atoms with E-state index in [1.807, 2.05) is 62.4 Å². The number of likely N-dealkylation sites (N-methyl/N-ethyl adjacent to an activating group) is 1. The van der Waals surface area contributed by atoms with Crippen molar-refractivity contribution in [3.8, 4) is 11.1 Å². The Labute approximate surface area is 217 Å². The highest BCUT2D eigenvalue weighted by molar-refractivity contribution is 7.89. The molecule has 0 unspecified atom stereocenters. The van der Waals surface area contributed by atoms with Crippen molar-refractivity contribution in [2.75, 3.05) is 26.7 Å². The first-order valence-electron chi connectivity index (χ1n) is 11.9. The van der Waals surface area contributed by atoms with Crippen LogP contribution in [0.4, 0.5) is 0 Å². The Kier molecular flexibility index (Phi) is 8.27. The van der Waals surface area contributed by atoms with Crippen molar-refractivity contribution in [2.45, 2.75) is 37.5 Å². The second-order valence-corrected chi connectivity index (χ2v) is 12.1. The third kappa shape index (κ3) is 5.40. The van der Waals surface area contributed by atoms with E-state index in [0.717, 1.165) is 16.7 Å². The molecule has 1 N–H and O–H groups in total. The van der Waals surface area contributed by atoms with Gasteiger partial charge in [0, 0.05) is 37.0 Å². The zero-order valence-electron chi connectivity index (χ0n) is 20.7. The summed E-state index contributed by atoms with van der Waals surface area (Å²) in [4.78, 5) is 15.8. The minimum Gasteiger partial charge on any atom is -0.394 e. The lowest BCUT2D eigenvalue weighted by Crippen LogP contribution is -2.47. The van der Waals surface area contributed by atoms with Crippen LogP contribution in [0.1, 0.15) is 29.8 Å². The summed E-state index contributed by atoms with van der Waals surface area (Å²) in [6.07, 6.45) is -0.487. The average Bonchev–Trinajstić information content (AvgIpc) is 3.44. The molecule has 0 bridgehead atoms. The molecule has 2 aromatic carbocycles. The maximum atomic E-state index is 13.8. The van der Waals surface area contributed by atoms with Crippen molar-refractivity contribution in [3.05, 3.63) is 76.5 Å². The summed E-state index contributed by atoms with van der Waals surface area (Å²) in [5.41, 5.74) is 3.18. The van der Waals surface area contributed by atoms with Gasteiger partial charge >= 0.3 is 0 Å². The number of hydrogen-bond acceptors (Lipinski definition) is 6. The fourth-order valence-corrected chi connectivity index (χ4v) is 6.68. The maximum Gasteiger partial charge on any atom is 0.254 e. The number of fused-ring (bicyclic) bond motifs is 3. The monoisotopic (exact) mass is 528 g/mol. The first kappa shape index (κ1) is 26.5. The van der Waals surface area contributed by atoms with Gasteiger partial charge in [0.15, 0.2) is 0 Å². The van der Waals surface area contributed by atoms with E-state index in [4.69, 9.17) is 4.74 Å². The van der Waals surface area contributed by atoms with Gasteiger partial charge in [0.1, 0.15) is 0 Å². The van der Waals surface area contributed by atoms with Gasteiger partial charge < -0.3 is 14.7 Å². The SMILES string of the molecule is C[C@@H]1CN([C@H](C)CO)C(=O)c2ccccc2-c2ccccc2CO[C@H]1CN(C)S(=O)(=O)c1ccsc1. The summed E-state index contributed by atoms with van der Waals surface area (Å²) in [5.74, 6) is -0.380. The Morgan fingerprint density at radius 1 is 1.11 bits per heavy atom. The van der Waals surface area contributed by atoms with Gasteiger partial charge in [0.25, 0.3) is 5.91 Å². The van der Waals surface area contributed by atoms with E-state index in [1.54, 1.807) is 28.8 Å². The summed E-state index contributed by atoms with van der Waals surface area (Å²) in [6, 6.07) is 16.4. The molecule has 0 saturated carbocycles. The van der Waals surface area contributed by atoms with Crippen LogP contribution >= 0.6 is 11.3 Å². The van der Waals surface area contributed by atoms with Crippen molar-refractivity contribution in [1.82, 2.24) is 9.21 Å². The number of carbonyl (C=O) groups is 1. The lowest BCUT2D eigenvalue weighted by molar-refractivity contribution is -0.0146. The predicted molar refractivity (Wildman–Crippen MR) is 141 cm³/mol. The molecule has 4 rings (SSSR count). The van der Waals surface area contributed by atoms with Gasteiger partial charge in [-0.1, -0.05) is 49.4 Å². The molecule has 1 aromatic heterocycles. The Morgan fingerprint density at radius 3 is 2.44 bits per heavy atom. The molecular formula is C27H32N2O5S2. The number of nitrogens with zero attached hydrogens (tertiary/aromatic N) is 2. The molecule has 192 valence electrons. The first-order valence-corrected chi connectivity index (χ1v) is 14.3. The number of sulfonamides is 1. The molecule has 0 spiro atoms. The molecule has 1 aliphatic rings. The highest BCUT2D eigenvalue weighted by Gasteiger charge is 2.32. The Bertz CT molecular complexity index is 1290. The lowest BCUT2D eigenvalue weighted by atomic mass is 9.94. The quantitative estimate of drug-likeness (QED) is 0.521. The summed E-state index contributed by atoms with van der Waals surface area (Å²) in [5, 5.41) is 13.3. The predicted octanol–water partition coefficient (Wildman–Crippen LogP) is 4.09. The highest BCUT2D eigenvalue weighted by atomic mass is 32.2. The number of aliphatic hydroxyl groups is 1. The van der Waals surface area contributed by atoms with Crippen molar-refractivity contribution in [2.24, 2.45) is 5.92 Å². The maximum absolute atomic E-state index is 13.8. The van der Waals surface area contributed by atoms with E-state index in [2.05, 4.69) is 0 Å². The first-order chi connectivity index (χ1) is 17.2. The topological polar surface area (TPSA) is 87.2 Å². The van der Waals surface area contributed by atoms with Crippen LogP contribution < -0.4 is 0 Å². The van der Waals surface area contributed by atoms with Crippen molar-refractivity contribution < 1.29 is 23.1 Å². The highest BCUT2D eigenvalue weighted by Crippen LogP contribution is 2.31. The van der Waals surface area contributed by atoms with Crippen LogP contribution in [0, 0.1) is 5.92 Å². The normalized spacial score (nSPS) is 19.9. The molecule has 1 amide bonds. The van der Waals surface area contributed by atoms with Gasteiger partial charge in [-0.3, -0.25) is 4.79 Å². The van der Waals surface area contributed by atoms with E-state index in [9.17, 15) is 18.3 Å². The van der Waals surface area contributed by atoms with E-state index >= 15 is 0 Å². The summed E-state index contributed by atoms with van der Waals surface area (Å²) < 4.78 is 33.9. The van der Waals surface area contributed by atoms with Crippen LogP contribution in [0.5, 0.6) is 0 Å². The largest absolute Gasteiger partial charge is 0.394 e. The molecule has 0 radical (unpaired) electrons. The van der Waals surface area contributed by atoms with Gasteiger partial charge in [-0.2, -0.15) is 15.6 Å².